The van der Waals surface area contributed by atoms with Crippen LogP contribution < -0.4 is 5.14 Å². The van der Waals surface area contributed by atoms with Gasteiger partial charge in [0.25, 0.3) is 15.2 Å². The molecule has 1 saturated carbocycles. The van der Waals surface area contributed by atoms with Crippen LogP contribution in [0.5, 0.6) is 0 Å². The molecule has 2 N–H and O–H groups in total. The van der Waals surface area contributed by atoms with Crippen molar-refractivity contribution < 1.29 is 8.42 Å². The molecule has 1 aliphatic rings. The Morgan fingerprint density at radius 1 is 1.25 bits per heavy atom. The quantitative estimate of drug-likeness (QED) is 0.932. The van der Waals surface area contributed by atoms with Crippen molar-refractivity contribution in [2.24, 2.45) is 5.14 Å². The number of nitrogens with zero attached hydrogens (tertiary/aromatic N) is 3. The lowest BCUT2D eigenvalue weighted by molar-refractivity contribution is 0.567. The minimum Gasteiger partial charge on any atom is -0.294 e. The lowest BCUT2D eigenvalue weighted by atomic mass is 10.2. The minimum atomic E-state index is -3.94. The van der Waals surface area contributed by atoms with Crippen molar-refractivity contribution in [3.05, 3.63) is 28.2 Å². The number of nitrogens with two attached hydrogens (primary N) is 1. The Bertz CT molecular complexity index is 784. The molecular weight excluding hydrogens is 323 g/mol. The van der Waals surface area contributed by atoms with E-state index in [0.717, 1.165) is 12.8 Å². The smallest absolute Gasteiger partial charge is 0.273 e. The van der Waals surface area contributed by atoms with E-state index in [-0.39, 0.29) is 11.2 Å². The maximum Gasteiger partial charge on any atom is 0.273 e. The Morgan fingerprint density at radius 2 is 1.95 bits per heavy atom. The van der Waals surface area contributed by atoms with E-state index in [9.17, 15) is 8.42 Å². The molecule has 1 aliphatic carbocycles. The summed E-state index contributed by atoms with van der Waals surface area (Å²) in [6.45, 7) is 0. The van der Waals surface area contributed by atoms with Gasteiger partial charge in [0.05, 0.1) is 10.0 Å². The van der Waals surface area contributed by atoms with Gasteiger partial charge in [0, 0.05) is 11.6 Å². The van der Waals surface area contributed by atoms with E-state index in [1.165, 1.54) is 4.57 Å². The van der Waals surface area contributed by atoms with Crippen LogP contribution in [0.1, 0.15) is 18.9 Å². The lowest BCUT2D eigenvalue weighted by Gasteiger charge is -2.09. The van der Waals surface area contributed by atoms with E-state index in [1.54, 1.807) is 18.2 Å². The van der Waals surface area contributed by atoms with Crippen molar-refractivity contribution in [3.63, 3.8) is 0 Å². The first-order chi connectivity index (χ1) is 9.39. The molecule has 2 aromatic rings. The summed E-state index contributed by atoms with van der Waals surface area (Å²) in [6.07, 6.45) is 1.71. The summed E-state index contributed by atoms with van der Waals surface area (Å²) in [6, 6.07) is 5.10. The molecule has 1 aromatic heterocycles. The predicted molar refractivity (Wildman–Crippen MR) is 75.1 cm³/mol. The van der Waals surface area contributed by atoms with Crippen LogP contribution in [0.3, 0.4) is 0 Å². The summed E-state index contributed by atoms with van der Waals surface area (Å²) in [5.74, 6) is 0.365. The second-order valence-electron chi connectivity index (χ2n) is 4.55. The monoisotopic (exact) mass is 332 g/mol. The van der Waals surface area contributed by atoms with Gasteiger partial charge in [0.15, 0.2) is 5.82 Å². The number of benzene rings is 1. The summed E-state index contributed by atoms with van der Waals surface area (Å²) in [4.78, 5) is 0. The summed E-state index contributed by atoms with van der Waals surface area (Å²) in [5.41, 5.74) is 0.536. The number of hydrogen-bond acceptors (Lipinski definition) is 4. The highest BCUT2D eigenvalue weighted by molar-refractivity contribution is 7.89. The summed E-state index contributed by atoms with van der Waals surface area (Å²) in [7, 11) is -3.94. The van der Waals surface area contributed by atoms with Crippen molar-refractivity contribution >= 4 is 33.2 Å². The van der Waals surface area contributed by atoms with Crippen molar-refractivity contribution in [2.75, 3.05) is 0 Å². The number of rotatable bonds is 3. The van der Waals surface area contributed by atoms with Crippen molar-refractivity contribution in [3.8, 4) is 11.4 Å². The normalized spacial score (nSPS) is 15.6. The molecule has 9 heteroatoms. The molecule has 0 bridgehead atoms. The number of hydrogen-bond donors (Lipinski definition) is 1. The molecule has 20 heavy (non-hydrogen) atoms. The van der Waals surface area contributed by atoms with Crippen LogP contribution in [-0.2, 0) is 10.0 Å². The third kappa shape index (κ3) is 2.31. The van der Waals surface area contributed by atoms with E-state index in [1.807, 2.05) is 0 Å². The Labute approximate surface area is 125 Å². The largest absolute Gasteiger partial charge is 0.294 e. The Hall–Kier alpha value is -1.15. The van der Waals surface area contributed by atoms with E-state index in [0.29, 0.717) is 21.4 Å². The molecule has 0 aliphatic heterocycles. The van der Waals surface area contributed by atoms with Crippen molar-refractivity contribution in [2.45, 2.75) is 24.0 Å². The zero-order chi connectivity index (χ0) is 14.5. The summed E-state index contributed by atoms with van der Waals surface area (Å²) >= 11 is 12.1. The minimum absolute atomic E-state index is 0.0309. The van der Waals surface area contributed by atoms with Gasteiger partial charge >= 0.3 is 0 Å². The highest BCUT2D eigenvalue weighted by Crippen LogP contribution is 2.41. The van der Waals surface area contributed by atoms with Crippen molar-refractivity contribution in [1.82, 2.24) is 14.8 Å². The van der Waals surface area contributed by atoms with E-state index < -0.39 is 10.0 Å². The fourth-order valence-corrected chi connectivity index (χ4v) is 3.04. The molecule has 0 saturated heterocycles. The van der Waals surface area contributed by atoms with Gasteiger partial charge in [-0.2, -0.15) is 0 Å². The fraction of sp³-hybridized carbons (Fsp3) is 0.273. The second-order valence-corrected chi connectivity index (χ2v) is 6.79. The maximum atomic E-state index is 11.6. The zero-order valence-electron chi connectivity index (χ0n) is 10.1. The Morgan fingerprint density at radius 3 is 2.55 bits per heavy atom. The number of aromatic nitrogens is 3. The molecule has 1 heterocycles. The molecule has 106 valence electrons. The lowest BCUT2D eigenvalue weighted by Crippen LogP contribution is -2.18. The van der Waals surface area contributed by atoms with Crippen LogP contribution >= 0.6 is 23.2 Å². The topological polar surface area (TPSA) is 90.9 Å². The number of sulfonamides is 1. The van der Waals surface area contributed by atoms with Gasteiger partial charge in [-0.25, -0.2) is 13.6 Å². The Balaban J connectivity index is 2.25. The molecular formula is C11H10Cl2N4O2S. The molecule has 0 spiro atoms. The highest BCUT2D eigenvalue weighted by atomic mass is 35.5. The first-order valence-corrected chi connectivity index (χ1v) is 8.12. The van der Waals surface area contributed by atoms with Crippen LogP contribution in [0, 0.1) is 0 Å². The molecule has 0 unspecified atom stereocenters. The fourth-order valence-electron chi connectivity index (χ4n) is 1.99. The van der Waals surface area contributed by atoms with Gasteiger partial charge in [-0.15, -0.1) is 10.2 Å². The summed E-state index contributed by atoms with van der Waals surface area (Å²) in [5, 5.41) is 13.2. The van der Waals surface area contributed by atoms with Crippen LogP contribution in [0.2, 0.25) is 10.0 Å². The van der Waals surface area contributed by atoms with Crippen LogP contribution in [0.25, 0.3) is 11.4 Å². The van der Waals surface area contributed by atoms with Gasteiger partial charge in [-0.3, -0.25) is 4.57 Å². The van der Waals surface area contributed by atoms with Crippen LogP contribution in [0.15, 0.2) is 23.4 Å². The molecule has 3 rings (SSSR count). The van der Waals surface area contributed by atoms with Gasteiger partial charge in [0.1, 0.15) is 0 Å². The van der Waals surface area contributed by atoms with E-state index >= 15 is 0 Å². The average Bonchev–Trinajstić information content (AvgIpc) is 3.10. The maximum absolute atomic E-state index is 11.6. The van der Waals surface area contributed by atoms with Gasteiger partial charge in [0.2, 0.25) is 0 Å². The van der Waals surface area contributed by atoms with Crippen LogP contribution in [0.4, 0.5) is 0 Å². The third-order valence-electron chi connectivity index (χ3n) is 3.02. The van der Waals surface area contributed by atoms with Crippen LogP contribution in [-0.4, -0.2) is 23.2 Å². The first kappa shape index (κ1) is 13.8. The van der Waals surface area contributed by atoms with Gasteiger partial charge < -0.3 is 0 Å². The SMILES string of the molecule is NS(=O)(=O)c1nnc(-c2cccc(Cl)c2Cl)n1C1CC1. The zero-order valence-corrected chi connectivity index (χ0v) is 12.5. The highest BCUT2D eigenvalue weighted by Gasteiger charge is 2.34. The van der Waals surface area contributed by atoms with Gasteiger partial charge in [-0.05, 0) is 25.0 Å². The molecule has 6 nitrogen and oxygen atoms in total. The second kappa shape index (κ2) is 4.70. The standard InChI is InChI=1S/C11H10Cl2N4O2S/c12-8-3-1-2-7(9(8)13)10-15-16-11(20(14,18)19)17(10)6-4-5-6/h1-3,6H,4-5H2,(H2,14,18,19). The van der Waals surface area contributed by atoms with E-state index in [4.69, 9.17) is 28.3 Å². The Kier molecular flexibility index (Phi) is 3.24. The molecule has 0 radical (unpaired) electrons. The molecule has 1 fully saturated rings. The average molecular weight is 333 g/mol. The number of halogens is 2. The van der Waals surface area contributed by atoms with Crippen molar-refractivity contribution in [1.29, 1.82) is 0 Å². The molecule has 0 amide bonds. The van der Waals surface area contributed by atoms with Gasteiger partial charge in [-0.1, -0.05) is 29.3 Å². The molecule has 1 aromatic carbocycles. The third-order valence-corrected chi connectivity index (χ3v) is 4.63. The number of primary sulfonamides is 1. The summed E-state index contributed by atoms with van der Waals surface area (Å²) < 4.78 is 24.7. The first-order valence-electron chi connectivity index (χ1n) is 5.81. The predicted octanol–water partition coefficient (Wildman–Crippen LogP) is 2.23. The molecule has 0 atom stereocenters. The van der Waals surface area contributed by atoms with E-state index in [2.05, 4.69) is 10.2 Å².